The number of rotatable bonds is 2. The summed E-state index contributed by atoms with van der Waals surface area (Å²) in [6.07, 6.45) is 0. The van der Waals surface area contributed by atoms with Gasteiger partial charge in [-0.15, -0.1) is 0 Å². The summed E-state index contributed by atoms with van der Waals surface area (Å²) in [6, 6.07) is 15.7. The summed E-state index contributed by atoms with van der Waals surface area (Å²) in [4.78, 5) is 7.80. The lowest BCUT2D eigenvalue weighted by atomic mass is 10.1. The molecule has 0 amide bonds. The molecule has 2 aromatic carbocycles. The van der Waals surface area contributed by atoms with Crippen LogP contribution in [0.5, 0.6) is 0 Å². The van der Waals surface area contributed by atoms with Gasteiger partial charge in [0.15, 0.2) is 0 Å². The lowest BCUT2D eigenvalue weighted by Crippen LogP contribution is -1.84. The highest BCUT2D eigenvalue weighted by molar-refractivity contribution is 5.79. The van der Waals surface area contributed by atoms with E-state index < -0.39 is 0 Å². The van der Waals surface area contributed by atoms with E-state index in [1.165, 1.54) is 0 Å². The van der Waals surface area contributed by atoms with Crippen molar-refractivity contribution in [3.05, 3.63) is 54.1 Å². The van der Waals surface area contributed by atoms with Crippen molar-refractivity contribution < 1.29 is 5.11 Å². The van der Waals surface area contributed by atoms with E-state index in [0.29, 0.717) is 0 Å². The highest BCUT2D eigenvalue weighted by Gasteiger charge is 2.04. The number of H-pyrrole nitrogens is 1. The Morgan fingerprint density at radius 2 is 1.76 bits per heavy atom. The van der Waals surface area contributed by atoms with E-state index in [1.807, 2.05) is 48.5 Å². The molecule has 0 aliphatic heterocycles. The normalized spacial score (nSPS) is 10.9. The number of nitrogens with one attached hydrogen (secondary N) is 1. The SMILES string of the molecule is OCc1ccc(-c2nc3ccccc3[nH]2)cc1. The molecule has 1 heterocycles. The van der Waals surface area contributed by atoms with Crippen molar-refractivity contribution in [2.75, 3.05) is 0 Å². The number of nitrogens with zero attached hydrogens (tertiary/aromatic N) is 1. The molecule has 84 valence electrons. The first kappa shape index (κ1) is 10.1. The van der Waals surface area contributed by atoms with Gasteiger partial charge in [0.05, 0.1) is 17.6 Å². The Hall–Kier alpha value is -2.13. The molecule has 2 N–H and O–H groups in total. The monoisotopic (exact) mass is 224 g/mol. The third-order valence-electron chi connectivity index (χ3n) is 2.80. The van der Waals surface area contributed by atoms with E-state index in [-0.39, 0.29) is 6.61 Å². The molecule has 0 radical (unpaired) electrons. The van der Waals surface area contributed by atoms with E-state index in [4.69, 9.17) is 5.11 Å². The number of hydrogen-bond acceptors (Lipinski definition) is 2. The van der Waals surface area contributed by atoms with Crippen LogP contribution in [0, 0.1) is 0 Å². The minimum Gasteiger partial charge on any atom is -0.392 e. The molecule has 3 nitrogen and oxygen atoms in total. The maximum Gasteiger partial charge on any atom is 0.138 e. The van der Waals surface area contributed by atoms with Crippen molar-refractivity contribution in [3.8, 4) is 11.4 Å². The van der Waals surface area contributed by atoms with Crippen LogP contribution in [0.4, 0.5) is 0 Å². The zero-order valence-electron chi connectivity index (χ0n) is 9.22. The Labute approximate surface area is 98.8 Å². The number of imidazole rings is 1. The summed E-state index contributed by atoms with van der Waals surface area (Å²) in [7, 11) is 0. The fourth-order valence-corrected chi connectivity index (χ4v) is 1.86. The quantitative estimate of drug-likeness (QED) is 0.703. The number of aliphatic hydroxyl groups excluding tert-OH is 1. The highest BCUT2D eigenvalue weighted by Crippen LogP contribution is 2.20. The Bertz CT molecular complexity index is 608. The van der Waals surface area contributed by atoms with Crippen molar-refractivity contribution in [2.24, 2.45) is 0 Å². The first-order valence-electron chi connectivity index (χ1n) is 5.52. The van der Waals surface area contributed by atoms with Crippen LogP contribution in [0.25, 0.3) is 22.4 Å². The van der Waals surface area contributed by atoms with E-state index in [9.17, 15) is 0 Å². The second kappa shape index (κ2) is 4.03. The molecule has 3 heteroatoms. The molecular weight excluding hydrogens is 212 g/mol. The van der Waals surface area contributed by atoms with E-state index in [0.717, 1.165) is 28.0 Å². The number of aromatic nitrogens is 2. The van der Waals surface area contributed by atoms with Gasteiger partial charge in [-0.1, -0.05) is 36.4 Å². The van der Waals surface area contributed by atoms with Gasteiger partial charge >= 0.3 is 0 Å². The Balaban J connectivity index is 2.07. The fraction of sp³-hybridized carbons (Fsp3) is 0.0714. The molecule has 3 rings (SSSR count). The number of hydrogen-bond donors (Lipinski definition) is 2. The van der Waals surface area contributed by atoms with Crippen LogP contribution in [0.3, 0.4) is 0 Å². The number of fused-ring (bicyclic) bond motifs is 1. The second-order valence-corrected chi connectivity index (χ2v) is 3.96. The van der Waals surface area contributed by atoms with Gasteiger partial charge in [-0.3, -0.25) is 0 Å². The molecule has 0 fully saturated rings. The van der Waals surface area contributed by atoms with E-state index >= 15 is 0 Å². The highest BCUT2D eigenvalue weighted by atomic mass is 16.3. The molecular formula is C14H12N2O. The first-order valence-corrected chi connectivity index (χ1v) is 5.52. The standard InChI is InChI=1S/C14H12N2O/c17-9-10-5-7-11(8-6-10)14-15-12-3-1-2-4-13(12)16-14/h1-8,17H,9H2,(H,15,16). The predicted molar refractivity (Wildman–Crippen MR) is 67.5 cm³/mol. The topological polar surface area (TPSA) is 48.9 Å². The minimum absolute atomic E-state index is 0.0699. The molecule has 0 atom stereocenters. The summed E-state index contributed by atoms with van der Waals surface area (Å²) in [5.74, 6) is 0.857. The third kappa shape index (κ3) is 1.81. The van der Waals surface area contributed by atoms with Gasteiger partial charge in [0.25, 0.3) is 0 Å². The number of para-hydroxylation sites is 2. The van der Waals surface area contributed by atoms with E-state index in [2.05, 4.69) is 9.97 Å². The van der Waals surface area contributed by atoms with Crippen LogP contribution in [-0.2, 0) is 6.61 Å². The zero-order valence-corrected chi connectivity index (χ0v) is 9.22. The van der Waals surface area contributed by atoms with Crippen molar-refractivity contribution >= 4 is 11.0 Å². The Kier molecular flexibility index (Phi) is 2.38. The molecule has 0 spiro atoms. The molecule has 0 aliphatic carbocycles. The van der Waals surface area contributed by atoms with Gasteiger partial charge in [0.1, 0.15) is 5.82 Å². The summed E-state index contributed by atoms with van der Waals surface area (Å²) in [5, 5.41) is 8.99. The summed E-state index contributed by atoms with van der Waals surface area (Å²) >= 11 is 0. The molecule has 0 bridgehead atoms. The lowest BCUT2D eigenvalue weighted by molar-refractivity contribution is 0.282. The molecule has 0 aliphatic rings. The third-order valence-corrected chi connectivity index (χ3v) is 2.80. The molecule has 0 unspecified atom stereocenters. The average molecular weight is 224 g/mol. The van der Waals surface area contributed by atoms with Gasteiger partial charge < -0.3 is 10.1 Å². The van der Waals surface area contributed by atoms with Crippen molar-refractivity contribution in [3.63, 3.8) is 0 Å². The molecule has 1 aromatic heterocycles. The summed E-state index contributed by atoms with van der Waals surface area (Å²) in [6.45, 7) is 0.0699. The van der Waals surface area contributed by atoms with Gasteiger partial charge in [-0.2, -0.15) is 0 Å². The maximum absolute atomic E-state index is 8.99. The van der Waals surface area contributed by atoms with Crippen LogP contribution in [-0.4, -0.2) is 15.1 Å². The molecule has 17 heavy (non-hydrogen) atoms. The van der Waals surface area contributed by atoms with Crippen molar-refractivity contribution in [2.45, 2.75) is 6.61 Å². The average Bonchev–Trinajstić information content (AvgIpc) is 2.82. The maximum atomic E-state index is 8.99. The smallest absolute Gasteiger partial charge is 0.138 e. The van der Waals surface area contributed by atoms with Crippen LogP contribution in [0.1, 0.15) is 5.56 Å². The van der Waals surface area contributed by atoms with Gasteiger partial charge in [-0.25, -0.2) is 4.98 Å². The molecule has 0 saturated carbocycles. The predicted octanol–water partition coefficient (Wildman–Crippen LogP) is 2.72. The van der Waals surface area contributed by atoms with Gasteiger partial charge in [0.2, 0.25) is 0 Å². The van der Waals surface area contributed by atoms with Crippen molar-refractivity contribution in [1.29, 1.82) is 0 Å². The van der Waals surface area contributed by atoms with Crippen molar-refractivity contribution in [1.82, 2.24) is 9.97 Å². The zero-order chi connectivity index (χ0) is 11.7. The first-order chi connectivity index (χ1) is 8.36. The van der Waals surface area contributed by atoms with E-state index in [1.54, 1.807) is 0 Å². The minimum atomic E-state index is 0.0699. The van der Waals surface area contributed by atoms with Gasteiger partial charge in [-0.05, 0) is 17.7 Å². The summed E-state index contributed by atoms with van der Waals surface area (Å²) < 4.78 is 0. The Morgan fingerprint density at radius 3 is 2.47 bits per heavy atom. The largest absolute Gasteiger partial charge is 0.392 e. The van der Waals surface area contributed by atoms with Crippen LogP contribution in [0.2, 0.25) is 0 Å². The number of aliphatic hydroxyl groups is 1. The fourth-order valence-electron chi connectivity index (χ4n) is 1.86. The number of aromatic amines is 1. The molecule has 3 aromatic rings. The molecule has 0 saturated heterocycles. The second-order valence-electron chi connectivity index (χ2n) is 3.96. The summed E-state index contributed by atoms with van der Waals surface area (Å²) in [5.41, 5.74) is 3.94. The Morgan fingerprint density at radius 1 is 1.00 bits per heavy atom. The van der Waals surface area contributed by atoms with Crippen LogP contribution < -0.4 is 0 Å². The van der Waals surface area contributed by atoms with Crippen LogP contribution in [0.15, 0.2) is 48.5 Å². The lowest BCUT2D eigenvalue weighted by Gasteiger charge is -1.98. The van der Waals surface area contributed by atoms with Gasteiger partial charge in [0, 0.05) is 5.56 Å². The van der Waals surface area contributed by atoms with Crippen LogP contribution >= 0.6 is 0 Å². The number of benzene rings is 2.